The van der Waals surface area contributed by atoms with Gasteiger partial charge in [-0.05, 0) is 53.8 Å². The van der Waals surface area contributed by atoms with Gasteiger partial charge in [-0.25, -0.2) is 8.42 Å². The molecular weight excluding hydrogens is 396 g/mol. The molecule has 1 aliphatic rings. The molecule has 0 aliphatic carbocycles. The van der Waals surface area contributed by atoms with Crippen molar-refractivity contribution in [2.45, 2.75) is 44.1 Å². The second kappa shape index (κ2) is 9.27. The van der Waals surface area contributed by atoms with Crippen molar-refractivity contribution in [2.24, 2.45) is 0 Å². The van der Waals surface area contributed by atoms with Crippen molar-refractivity contribution in [3.8, 4) is 0 Å². The van der Waals surface area contributed by atoms with Gasteiger partial charge in [-0.15, -0.1) is 0 Å². The SMILES string of the molecule is CN(C)CCN(CC(=O)OC(C)(C)C)S(=O)(=O)c1c[nH]c(C(=O)N2CCCC2)c1. The number of nitrogens with one attached hydrogen (secondary N) is 1. The fourth-order valence-corrected chi connectivity index (χ4v) is 4.37. The molecule has 0 unspecified atom stereocenters. The van der Waals surface area contributed by atoms with Crippen LogP contribution in [0.5, 0.6) is 0 Å². The monoisotopic (exact) mass is 428 g/mol. The number of likely N-dealkylation sites (tertiary alicyclic amines) is 1. The summed E-state index contributed by atoms with van der Waals surface area (Å²) in [5.74, 6) is -0.834. The summed E-state index contributed by atoms with van der Waals surface area (Å²) in [6, 6.07) is 1.34. The molecule has 0 spiro atoms. The standard InChI is InChI=1S/C19H32N4O5S/c1-19(2,3)28-17(24)14-23(11-10-21(4)5)29(26,27)15-12-16(20-13-15)18(25)22-8-6-7-9-22/h12-13,20H,6-11,14H2,1-5H3. The zero-order chi connectivity index (χ0) is 21.8. The van der Waals surface area contributed by atoms with Gasteiger partial charge in [-0.2, -0.15) is 4.31 Å². The highest BCUT2D eigenvalue weighted by molar-refractivity contribution is 7.89. The molecule has 1 saturated heterocycles. The third kappa shape index (κ3) is 6.55. The van der Waals surface area contributed by atoms with E-state index in [9.17, 15) is 18.0 Å². The maximum Gasteiger partial charge on any atom is 0.321 e. The quantitative estimate of drug-likeness (QED) is 0.623. The number of esters is 1. The van der Waals surface area contributed by atoms with E-state index in [1.807, 2.05) is 19.0 Å². The van der Waals surface area contributed by atoms with Gasteiger partial charge < -0.3 is 19.5 Å². The van der Waals surface area contributed by atoms with Crippen LogP contribution in [0.15, 0.2) is 17.2 Å². The van der Waals surface area contributed by atoms with Gasteiger partial charge in [0.15, 0.2) is 0 Å². The Bertz CT molecular complexity index is 820. The first kappa shape index (κ1) is 23.4. The normalized spacial score (nSPS) is 15.3. The second-order valence-electron chi connectivity index (χ2n) is 8.48. The van der Waals surface area contributed by atoms with Crippen molar-refractivity contribution in [1.82, 2.24) is 19.1 Å². The zero-order valence-electron chi connectivity index (χ0n) is 17.9. The molecule has 0 radical (unpaired) electrons. The largest absolute Gasteiger partial charge is 0.459 e. The molecule has 1 N–H and O–H groups in total. The maximum absolute atomic E-state index is 13.2. The number of nitrogens with zero attached hydrogens (tertiary/aromatic N) is 3. The zero-order valence-corrected chi connectivity index (χ0v) is 18.7. The number of amides is 1. The molecule has 1 amide bonds. The molecule has 1 aliphatic heterocycles. The van der Waals surface area contributed by atoms with E-state index in [1.54, 1.807) is 25.7 Å². The number of aromatic nitrogens is 1. The summed E-state index contributed by atoms with van der Waals surface area (Å²) < 4.78 is 32.7. The summed E-state index contributed by atoms with van der Waals surface area (Å²) in [5, 5.41) is 0. The number of rotatable bonds is 8. The van der Waals surface area contributed by atoms with Crippen LogP contribution in [0, 0.1) is 0 Å². The lowest BCUT2D eigenvalue weighted by Crippen LogP contribution is -2.41. The summed E-state index contributed by atoms with van der Waals surface area (Å²) in [5.41, 5.74) is -0.479. The molecule has 29 heavy (non-hydrogen) atoms. The van der Waals surface area contributed by atoms with E-state index < -0.39 is 28.1 Å². The molecule has 0 saturated carbocycles. The van der Waals surface area contributed by atoms with Crippen LogP contribution in [0.3, 0.4) is 0 Å². The van der Waals surface area contributed by atoms with E-state index in [0.29, 0.717) is 19.6 Å². The lowest BCUT2D eigenvalue weighted by atomic mass is 10.2. The van der Waals surface area contributed by atoms with Crippen LogP contribution < -0.4 is 0 Å². The molecule has 2 rings (SSSR count). The number of aromatic amines is 1. The van der Waals surface area contributed by atoms with Crippen LogP contribution in [0.1, 0.15) is 44.1 Å². The summed E-state index contributed by atoms with van der Waals surface area (Å²) in [7, 11) is -0.338. The highest BCUT2D eigenvalue weighted by atomic mass is 32.2. The summed E-state index contributed by atoms with van der Waals surface area (Å²) in [6.45, 7) is 6.69. The number of carbonyl (C=O) groups excluding carboxylic acids is 2. The third-order valence-electron chi connectivity index (χ3n) is 4.44. The predicted octanol–water partition coefficient (Wildman–Crippen LogP) is 1.14. The maximum atomic E-state index is 13.2. The highest BCUT2D eigenvalue weighted by Crippen LogP contribution is 2.20. The van der Waals surface area contributed by atoms with Crippen molar-refractivity contribution in [3.63, 3.8) is 0 Å². The van der Waals surface area contributed by atoms with Crippen molar-refractivity contribution in [2.75, 3.05) is 46.8 Å². The van der Waals surface area contributed by atoms with Crippen LogP contribution in [0.2, 0.25) is 0 Å². The number of hydrogen-bond donors (Lipinski definition) is 1. The Morgan fingerprint density at radius 1 is 1.17 bits per heavy atom. The minimum atomic E-state index is -3.98. The van der Waals surface area contributed by atoms with Gasteiger partial charge >= 0.3 is 5.97 Å². The number of likely N-dealkylation sites (N-methyl/N-ethyl adjacent to an activating group) is 1. The van der Waals surface area contributed by atoms with Crippen LogP contribution >= 0.6 is 0 Å². The van der Waals surface area contributed by atoms with E-state index in [1.165, 1.54) is 12.3 Å². The Balaban J connectivity index is 2.21. The molecule has 1 aromatic heterocycles. The van der Waals surface area contributed by atoms with E-state index >= 15 is 0 Å². The summed E-state index contributed by atoms with van der Waals surface area (Å²) >= 11 is 0. The van der Waals surface area contributed by atoms with Crippen LogP contribution in [-0.2, 0) is 19.6 Å². The summed E-state index contributed by atoms with van der Waals surface area (Å²) in [4.78, 5) is 31.0. The fourth-order valence-electron chi connectivity index (χ4n) is 3.00. The van der Waals surface area contributed by atoms with E-state index in [2.05, 4.69) is 4.98 Å². The van der Waals surface area contributed by atoms with Crippen molar-refractivity contribution in [1.29, 1.82) is 0 Å². The smallest absolute Gasteiger partial charge is 0.321 e. The first-order valence-corrected chi connectivity index (χ1v) is 11.2. The number of hydrogen-bond acceptors (Lipinski definition) is 6. The first-order chi connectivity index (χ1) is 13.4. The van der Waals surface area contributed by atoms with Crippen molar-refractivity contribution < 1.29 is 22.7 Å². The fraction of sp³-hybridized carbons (Fsp3) is 0.684. The average molecular weight is 429 g/mol. The van der Waals surface area contributed by atoms with Gasteiger partial charge in [-0.3, -0.25) is 9.59 Å². The van der Waals surface area contributed by atoms with Gasteiger partial charge in [0.25, 0.3) is 5.91 Å². The van der Waals surface area contributed by atoms with E-state index in [4.69, 9.17) is 4.74 Å². The van der Waals surface area contributed by atoms with E-state index in [-0.39, 0.29) is 23.0 Å². The third-order valence-corrected chi connectivity index (χ3v) is 6.26. The van der Waals surface area contributed by atoms with Crippen molar-refractivity contribution in [3.05, 3.63) is 18.0 Å². The van der Waals surface area contributed by atoms with E-state index in [0.717, 1.165) is 17.1 Å². The topological polar surface area (TPSA) is 103 Å². The van der Waals surface area contributed by atoms with Gasteiger partial charge in [0.2, 0.25) is 10.0 Å². The molecule has 1 aromatic rings. The van der Waals surface area contributed by atoms with Crippen molar-refractivity contribution >= 4 is 21.9 Å². The Morgan fingerprint density at radius 2 is 1.79 bits per heavy atom. The molecule has 10 heteroatoms. The predicted molar refractivity (Wildman–Crippen MR) is 109 cm³/mol. The van der Waals surface area contributed by atoms with Gasteiger partial charge in [0.05, 0.1) is 0 Å². The van der Waals surface area contributed by atoms with Gasteiger partial charge in [0.1, 0.15) is 22.7 Å². The Morgan fingerprint density at radius 3 is 2.34 bits per heavy atom. The van der Waals surface area contributed by atoms with Crippen LogP contribution in [0.25, 0.3) is 0 Å². The minimum absolute atomic E-state index is 0.0395. The second-order valence-corrected chi connectivity index (χ2v) is 10.4. The minimum Gasteiger partial charge on any atom is -0.459 e. The molecule has 164 valence electrons. The van der Waals surface area contributed by atoms with Gasteiger partial charge in [0, 0.05) is 32.4 Å². The number of H-pyrrole nitrogens is 1. The average Bonchev–Trinajstić information content (AvgIpc) is 3.27. The van der Waals surface area contributed by atoms with Crippen LogP contribution in [0.4, 0.5) is 0 Å². The molecule has 0 atom stereocenters. The summed E-state index contributed by atoms with van der Waals surface area (Å²) in [6.07, 6.45) is 3.20. The molecule has 2 heterocycles. The number of ether oxygens (including phenoxy) is 1. The number of carbonyl (C=O) groups is 2. The Hall–Kier alpha value is -1.91. The molecule has 1 fully saturated rings. The lowest BCUT2D eigenvalue weighted by molar-refractivity contribution is -0.155. The molecule has 0 bridgehead atoms. The molecule has 0 aromatic carbocycles. The first-order valence-electron chi connectivity index (χ1n) is 9.74. The lowest BCUT2D eigenvalue weighted by Gasteiger charge is -2.25. The van der Waals surface area contributed by atoms with Crippen LogP contribution in [-0.4, -0.2) is 91.8 Å². The molecule has 9 nitrogen and oxygen atoms in total. The Labute approximate surface area is 173 Å². The highest BCUT2D eigenvalue weighted by Gasteiger charge is 2.31. The number of sulfonamides is 1. The molecular formula is C19H32N4O5S. The Kier molecular flexibility index (Phi) is 7.47. The van der Waals surface area contributed by atoms with Gasteiger partial charge in [-0.1, -0.05) is 0 Å².